The molecule has 26 heavy (non-hydrogen) atoms. The maximum absolute atomic E-state index is 11.6. The molecule has 2 aromatic rings. The zero-order valence-electron chi connectivity index (χ0n) is 15.1. The van der Waals surface area contributed by atoms with Crippen LogP contribution in [0.4, 0.5) is 0 Å². The summed E-state index contributed by atoms with van der Waals surface area (Å²) in [6, 6.07) is 11.1. The quantitative estimate of drug-likeness (QED) is 0.712. The lowest BCUT2D eigenvalue weighted by atomic mass is 10.1. The Morgan fingerprint density at radius 3 is 2.96 bits per heavy atom. The van der Waals surface area contributed by atoms with Crippen molar-refractivity contribution in [1.29, 1.82) is 0 Å². The van der Waals surface area contributed by atoms with E-state index >= 15 is 0 Å². The van der Waals surface area contributed by atoms with Crippen molar-refractivity contribution in [2.75, 3.05) is 26.7 Å². The van der Waals surface area contributed by atoms with Crippen LogP contribution in [0.3, 0.4) is 0 Å². The van der Waals surface area contributed by atoms with Crippen molar-refractivity contribution in [3.8, 4) is 22.9 Å². The number of ether oxygens (including phenoxy) is 1. The molecule has 1 aliphatic rings. The summed E-state index contributed by atoms with van der Waals surface area (Å²) < 4.78 is 5.17. The lowest BCUT2D eigenvalue weighted by molar-refractivity contribution is -0.127. The SMILES string of the molecule is COc1cccc(-c2ccc(O)c(CNCCCN3CCCC3=O)c2)n1. The van der Waals surface area contributed by atoms with Crippen molar-refractivity contribution >= 4 is 5.91 Å². The summed E-state index contributed by atoms with van der Waals surface area (Å²) in [4.78, 5) is 17.9. The first kappa shape index (κ1) is 18.2. The van der Waals surface area contributed by atoms with E-state index in [-0.39, 0.29) is 11.7 Å². The van der Waals surface area contributed by atoms with Gasteiger partial charge in [0.15, 0.2) is 0 Å². The predicted molar refractivity (Wildman–Crippen MR) is 100 cm³/mol. The van der Waals surface area contributed by atoms with E-state index in [2.05, 4.69) is 10.3 Å². The molecule has 0 spiro atoms. The Hall–Kier alpha value is -2.60. The number of carbonyl (C=O) groups excluding carboxylic acids is 1. The van der Waals surface area contributed by atoms with Crippen LogP contribution in [0, 0.1) is 0 Å². The van der Waals surface area contributed by atoms with Gasteiger partial charge in [-0.15, -0.1) is 0 Å². The van der Waals surface area contributed by atoms with E-state index in [4.69, 9.17) is 4.74 Å². The molecule has 0 saturated carbocycles. The Morgan fingerprint density at radius 1 is 1.31 bits per heavy atom. The van der Waals surface area contributed by atoms with E-state index in [1.54, 1.807) is 19.2 Å². The highest BCUT2D eigenvalue weighted by Gasteiger charge is 2.18. The Kier molecular flexibility index (Phi) is 6.07. The summed E-state index contributed by atoms with van der Waals surface area (Å²) >= 11 is 0. The average molecular weight is 355 g/mol. The van der Waals surface area contributed by atoms with Crippen molar-refractivity contribution in [3.05, 3.63) is 42.0 Å². The smallest absolute Gasteiger partial charge is 0.222 e. The summed E-state index contributed by atoms with van der Waals surface area (Å²) in [5.74, 6) is 1.09. The molecular weight excluding hydrogens is 330 g/mol. The zero-order valence-corrected chi connectivity index (χ0v) is 15.1. The van der Waals surface area contributed by atoms with Crippen LogP contribution in [0.25, 0.3) is 11.3 Å². The molecule has 2 heterocycles. The van der Waals surface area contributed by atoms with Crippen molar-refractivity contribution in [1.82, 2.24) is 15.2 Å². The molecule has 1 aromatic heterocycles. The second kappa shape index (κ2) is 8.67. The molecule has 6 nitrogen and oxygen atoms in total. The minimum absolute atomic E-state index is 0.263. The molecule has 1 saturated heterocycles. The lowest BCUT2D eigenvalue weighted by Gasteiger charge is -2.15. The number of carbonyl (C=O) groups is 1. The Labute approximate surface area is 153 Å². The maximum atomic E-state index is 11.6. The van der Waals surface area contributed by atoms with E-state index in [0.717, 1.165) is 49.3 Å². The van der Waals surface area contributed by atoms with Crippen LogP contribution >= 0.6 is 0 Å². The first-order valence-electron chi connectivity index (χ1n) is 8.99. The zero-order chi connectivity index (χ0) is 18.4. The van der Waals surface area contributed by atoms with Crippen LogP contribution in [0.2, 0.25) is 0 Å². The Morgan fingerprint density at radius 2 is 2.19 bits per heavy atom. The fourth-order valence-electron chi connectivity index (χ4n) is 3.13. The molecule has 2 N–H and O–H groups in total. The van der Waals surface area contributed by atoms with Crippen LogP contribution in [0.5, 0.6) is 11.6 Å². The minimum Gasteiger partial charge on any atom is -0.508 e. The first-order chi connectivity index (χ1) is 12.7. The van der Waals surface area contributed by atoms with Gasteiger partial charge in [-0.1, -0.05) is 6.07 Å². The van der Waals surface area contributed by atoms with Crippen LogP contribution in [0.1, 0.15) is 24.8 Å². The van der Waals surface area contributed by atoms with Crippen molar-refractivity contribution in [2.45, 2.75) is 25.8 Å². The van der Waals surface area contributed by atoms with E-state index in [1.165, 1.54) is 0 Å². The third-order valence-electron chi connectivity index (χ3n) is 4.58. The molecule has 1 fully saturated rings. The van der Waals surface area contributed by atoms with Gasteiger partial charge < -0.3 is 20.1 Å². The molecule has 0 unspecified atom stereocenters. The predicted octanol–water partition coefficient (Wildman–Crippen LogP) is 2.56. The van der Waals surface area contributed by atoms with Crippen LogP contribution in [-0.4, -0.2) is 47.6 Å². The highest BCUT2D eigenvalue weighted by molar-refractivity contribution is 5.78. The average Bonchev–Trinajstić information content (AvgIpc) is 3.08. The van der Waals surface area contributed by atoms with Gasteiger partial charge in [-0.3, -0.25) is 4.79 Å². The van der Waals surface area contributed by atoms with Gasteiger partial charge in [-0.05, 0) is 43.7 Å². The highest BCUT2D eigenvalue weighted by Crippen LogP contribution is 2.26. The number of pyridine rings is 1. The second-order valence-electron chi connectivity index (χ2n) is 6.42. The Balaban J connectivity index is 1.55. The number of nitrogens with one attached hydrogen (secondary N) is 1. The molecule has 3 rings (SSSR count). The summed E-state index contributed by atoms with van der Waals surface area (Å²) in [7, 11) is 1.59. The summed E-state index contributed by atoms with van der Waals surface area (Å²) in [5.41, 5.74) is 2.56. The molecule has 1 aliphatic heterocycles. The molecule has 0 bridgehead atoms. The topological polar surface area (TPSA) is 74.7 Å². The number of hydrogen-bond acceptors (Lipinski definition) is 5. The molecule has 1 aromatic carbocycles. The van der Waals surface area contributed by atoms with Gasteiger partial charge >= 0.3 is 0 Å². The van der Waals surface area contributed by atoms with Crippen LogP contribution in [-0.2, 0) is 11.3 Å². The van der Waals surface area contributed by atoms with E-state index in [0.29, 0.717) is 18.8 Å². The van der Waals surface area contributed by atoms with E-state index < -0.39 is 0 Å². The maximum Gasteiger partial charge on any atom is 0.222 e. The van der Waals surface area contributed by atoms with Gasteiger partial charge in [0.1, 0.15) is 5.75 Å². The number of amides is 1. The number of methoxy groups -OCH3 is 1. The van der Waals surface area contributed by atoms with Gasteiger partial charge in [0, 0.05) is 43.2 Å². The molecule has 0 atom stereocenters. The summed E-state index contributed by atoms with van der Waals surface area (Å²) in [5, 5.41) is 13.4. The lowest BCUT2D eigenvalue weighted by Crippen LogP contribution is -2.28. The number of likely N-dealkylation sites (tertiary alicyclic amines) is 1. The van der Waals surface area contributed by atoms with Gasteiger partial charge in [-0.25, -0.2) is 4.98 Å². The number of phenolic OH excluding ortho intramolecular Hbond substituents is 1. The van der Waals surface area contributed by atoms with Crippen molar-refractivity contribution < 1.29 is 14.6 Å². The molecule has 1 amide bonds. The van der Waals surface area contributed by atoms with Crippen LogP contribution < -0.4 is 10.1 Å². The number of aromatic nitrogens is 1. The van der Waals surface area contributed by atoms with E-state index in [1.807, 2.05) is 29.2 Å². The molecule has 6 heteroatoms. The number of aromatic hydroxyl groups is 1. The number of phenols is 1. The minimum atomic E-state index is 0.263. The molecule has 0 aliphatic carbocycles. The van der Waals surface area contributed by atoms with Crippen LogP contribution in [0.15, 0.2) is 36.4 Å². The number of hydrogen-bond donors (Lipinski definition) is 2. The van der Waals surface area contributed by atoms with E-state index in [9.17, 15) is 9.90 Å². The standard InChI is InChI=1S/C20H25N3O3/c1-26-19-6-2-5-17(22-19)15-8-9-18(24)16(13-15)14-21-10-4-12-23-11-3-7-20(23)25/h2,5-6,8-9,13,21,24H,3-4,7,10-12,14H2,1H3. The third-order valence-corrected chi connectivity index (χ3v) is 4.58. The first-order valence-corrected chi connectivity index (χ1v) is 8.99. The van der Waals surface area contributed by atoms with Gasteiger partial charge in [0.2, 0.25) is 11.8 Å². The summed E-state index contributed by atoms with van der Waals surface area (Å²) in [6.45, 7) is 3.04. The largest absolute Gasteiger partial charge is 0.508 e. The fraction of sp³-hybridized carbons (Fsp3) is 0.400. The van der Waals surface area contributed by atoms with Gasteiger partial charge in [0.25, 0.3) is 0 Å². The molecule has 0 radical (unpaired) electrons. The second-order valence-corrected chi connectivity index (χ2v) is 6.42. The van der Waals surface area contributed by atoms with Crippen molar-refractivity contribution in [2.24, 2.45) is 0 Å². The normalized spacial score (nSPS) is 14.0. The monoisotopic (exact) mass is 355 g/mol. The third kappa shape index (κ3) is 4.52. The van der Waals surface area contributed by atoms with Gasteiger partial charge in [-0.2, -0.15) is 0 Å². The Bertz CT molecular complexity index is 764. The fourth-order valence-corrected chi connectivity index (χ4v) is 3.13. The highest BCUT2D eigenvalue weighted by atomic mass is 16.5. The number of nitrogens with zero attached hydrogens (tertiary/aromatic N) is 2. The number of rotatable bonds is 8. The molecular formula is C20H25N3O3. The van der Waals surface area contributed by atoms with Gasteiger partial charge in [0.05, 0.1) is 12.8 Å². The number of benzene rings is 1. The molecule has 138 valence electrons. The summed E-state index contributed by atoms with van der Waals surface area (Å²) in [6.07, 6.45) is 2.57. The van der Waals surface area contributed by atoms with Crippen molar-refractivity contribution in [3.63, 3.8) is 0 Å².